The van der Waals surface area contributed by atoms with E-state index in [0.717, 1.165) is 44.9 Å². The molecule has 1 N–H and O–H groups in total. The first-order chi connectivity index (χ1) is 28.0. The summed E-state index contributed by atoms with van der Waals surface area (Å²) in [4.78, 5) is 11.5. The molecule has 0 amide bonds. The number of benzene rings is 3. The highest BCUT2D eigenvalue weighted by atomic mass is 16.5. The fourth-order valence-corrected chi connectivity index (χ4v) is 12.2. The molecule has 6 nitrogen and oxygen atoms in total. The fraction of sp³-hybridized carbons (Fsp3) is 0.596. The van der Waals surface area contributed by atoms with Crippen molar-refractivity contribution in [1.82, 2.24) is 0 Å². The molecule has 0 radical (unpaired) electrons. The monoisotopic (exact) mass is 791 g/mol. The molecular weight excluding hydrogens is 721 g/mol. The van der Waals surface area contributed by atoms with E-state index < -0.39 is 6.10 Å². The highest BCUT2D eigenvalue weighted by Crippen LogP contribution is 2.68. The van der Waals surface area contributed by atoms with Crippen LogP contribution in [0.4, 0.5) is 0 Å². The van der Waals surface area contributed by atoms with Crippen molar-refractivity contribution in [2.24, 2.45) is 52.3 Å². The number of ether oxygens (including phenoxy) is 4. The second kappa shape index (κ2) is 19.0. The molecule has 3 aromatic carbocycles. The van der Waals surface area contributed by atoms with Gasteiger partial charge >= 0.3 is 5.97 Å². The summed E-state index contributed by atoms with van der Waals surface area (Å²) < 4.78 is 26.7. The highest BCUT2D eigenvalue weighted by molar-refractivity contribution is 5.65. The summed E-state index contributed by atoms with van der Waals surface area (Å²) in [5.41, 5.74) is 5.08. The molecule has 0 saturated heterocycles. The minimum absolute atomic E-state index is 0.0375. The number of allylic oxidation sites excluding steroid dienone is 1. The molecule has 6 heteroatoms. The summed E-state index contributed by atoms with van der Waals surface area (Å²) in [5.74, 6) is 1.98. The maximum atomic E-state index is 12.0. The van der Waals surface area contributed by atoms with Crippen LogP contribution in [0.15, 0.2) is 103 Å². The summed E-state index contributed by atoms with van der Waals surface area (Å²) in [6.07, 6.45) is 9.97. The summed E-state index contributed by atoms with van der Waals surface area (Å²) in [5, 5.41) is 12.0. The molecule has 0 bridgehead atoms. The maximum Gasteiger partial charge on any atom is 0.302 e. The van der Waals surface area contributed by atoms with E-state index in [2.05, 4.69) is 132 Å². The van der Waals surface area contributed by atoms with Gasteiger partial charge in [-0.05, 0) is 114 Å². The SMILES string of the molecule is CC(=O)OCCC(CC(O)C(C)C1=CCC2C3C(OCc4ccccc4)C(OCc4ccccc4)C4CC(OCc5ccccc5)CCC4(C)C3CCC12C)C(C)C. The predicted molar refractivity (Wildman–Crippen MR) is 230 cm³/mol. The van der Waals surface area contributed by atoms with Gasteiger partial charge in [-0.1, -0.05) is 137 Å². The van der Waals surface area contributed by atoms with Crippen LogP contribution in [0.1, 0.15) is 110 Å². The average Bonchev–Trinajstić information content (AvgIpc) is 3.58. The van der Waals surface area contributed by atoms with Crippen molar-refractivity contribution in [2.75, 3.05) is 6.61 Å². The lowest BCUT2D eigenvalue weighted by Gasteiger charge is -2.65. The van der Waals surface area contributed by atoms with Crippen molar-refractivity contribution >= 4 is 5.97 Å². The third kappa shape index (κ3) is 9.36. The minimum atomic E-state index is -0.462. The van der Waals surface area contributed by atoms with E-state index in [1.165, 1.54) is 29.2 Å². The van der Waals surface area contributed by atoms with Crippen molar-refractivity contribution in [1.29, 1.82) is 0 Å². The summed E-state index contributed by atoms with van der Waals surface area (Å²) >= 11 is 0. The van der Waals surface area contributed by atoms with Crippen LogP contribution in [0.5, 0.6) is 0 Å². The number of hydrogen-bond donors (Lipinski definition) is 1. The van der Waals surface area contributed by atoms with E-state index in [0.29, 0.717) is 62.4 Å². The Morgan fingerprint density at radius 3 is 1.88 bits per heavy atom. The molecule has 12 atom stereocenters. The molecule has 0 heterocycles. The van der Waals surface area contributed by atoms with Crippen LogP contribution in [-0.4, -0.2) is 42.1 Å². The van der Waals surface area contributed by atoms with Crippen LogP contribution < -0.4 is 0 Å². The van der Waals surface area contributed by atoms with Gasteiger partial charge in [0, 0.05) is 12.8 Å². The topological polar surface area (TPSA) is 74.2 Å². The molecule has 0 aliphatic heterocycles. The van der Waals surface area contributed by atoms with Crippen LogP contribution >= 0.6 is 0 Å². The second-order valence-corrected chi connectivity index (χ2v) is 19.2. The molecule has 7 rings (SSSR count). The highest BCUT2D eigenvalue weighted by Gasteiger charge is 2.65. The van der Waals surface area contributed by atoms with Gasteiger partial charge in [0.05, 0.1) is 50.8 Å². The number of hydrogen-bond acceptors (Lipinski definition) is 6. The van der Waals surface area contributed by atoms with E-state index in [1.54, 1.807) is 0 Å². The van der Waals surface area contributed by atoms with E-state index in [1.807, 2.05) is 0 Å². The summed E-state index contributed by atoms with van der Waals surface area (Å²) in [7, 11) is 0. The van der Waals surface area contributed by atoms with Crippen molar-refractivity contribution < 1.29 is 28.8 Å². The number of aliphatic hydroxyl groups is 1. The van der Waals surface area contributed by atoms with Gasteiger partial charge in [-0.25, -0.2) is 0 Å². The molecule has 0 aromatic heterocycles. The summed E-state index contributed by atoms with van der Waals surface area (Å²) in [6.45, 7) is 15.4. The Morgan fingerprint density at radius 2 is 1.31 bits per heavy atom. The maximum absolute atomic E-state index is 12.0. The third-order valence-electron chi connectivity index (χ3n) is 15.5. The number of fused-ring (bicyclic) bond motifs is 5. The fourth-order valence-electron chi connectivity index (χ4n) is 12.2. The quantitative estimate of drug-likeness (QED) is 0.108. The largest absolute Gasteiger partial charge is 0.466 e. The molecule has 3 fully saturated rings. The van der Waals surface area contributed by atoms with Crippen LogP contribution in [0.2, 0.25) is 0 Å². The Labute approximate surface area is 349 Å². The van der Waals surface area contributed by atoms with E-state index in [4.69, 9.17) is 18.9 Å². The molecule has 58 heavy (non-hydrogen) atoms. The lowest BCUT2D eigenvalue weighted by molar-refractivity contribution is -0.252. The van der Waals surface area contributed by atoms with Crippen LogP contribution in [0.3, 0.4) is 0 Å². The molecule has 3 aromatic rings. The smallest absolute Gasteiger partial charge is 0.302 e. The first kappa shape index (κ1) is 42.8. The van der Waals surface area contributed by atoms with Gasteiger partial charge in [0.1, 0.15) is 0 Å². The summed E-state index contributed by atoms with van der Waals surface area (Å²) in [6, 6.07) is 31.9. The molecular formula is C52H70O6. The molecule has 4 aliphatic rings. The Balaban J connectivity index is 1.18. The Kier molecular flexibility index (Phi) is 14.0. The first-order valence-electron chi connectivity index (χ1n) is 22.5. The van der Waals surface area contributed by atoms with E-state index in [-0.39, 0.29) is 46.9 Å². The van der Waals surface area contributed by atoms with E-state index >= 15 is 0 Å². The van der Waals surface area contributed by atoms with Crippen molar-refractivity contribution in [3.05, 3.63) is 119 Å². The lowest BCUT2D eigenvalue weighted by Crippen LogP contribution is -2.65. The number of carbonyl (C=O) groups is 1. The molecule has 314 valence electrons. The average molecular weight is 791 g/mol. The zero-order valence-corrected chi connectivity index (χ0v) is 36.1. The normalized spacial score (nSPS) is 32.0. The molecule has 0 spiro atoms. The van der Waals surface area contributed by atoms with Crippen LogP contribution in [0, 0.1) is 52.3 Å². The number of rotatable bonds is 17. The molecule has 12 unspecified atom stereocenters. The Morgan fingerprint density at radius 1 is 0.741 bits per heavy atom. The first-order valence-corrected chi connectivity index (χ1v) is 22.5. The van der Waals surface area contributed by atoms with Gasteiger partial charge in [0.2, 0.25) is 0 Å². The Hall–Kier alpha value is -3.29. The van der Waals surface area contributed by atoms with Crippen molar-refractivity contribution in [3.63, 3.8) is 0 Å². The predicted octanol–water partition coefficient (Wildman–Crippen LogP) is 11.2. The number of carbonyl (C=O) groups excluding carboxylic acids is 1. The standard InChI is InChI=1S/C52H70O6/c1-35(2)41(26-29-55-37(4)53)30-47(54)36(3)43-22-23-44-48-45(25-28-51(43,44)5)52(6)27-24-42(56-32-38-16-10-7-11-17-38)31-46(52)49(57-33-39-18-12-8-13-19-39)50(48)58-34-40-20-14-9-15-21-40/h7-22,35-36,41-42,44-50,54H,23-34H2,1-6H3. The van der Waals surface area contributed by atoms with Gasteiger partial charge in [-0.3, -0.25) is 4.79 Å². The van der Waals surface area contributed by atoms with Crippen LogP contribution in [-0.2, 0) is 43.6 Å². The number of esters is 1. The van der Waals surface area contributed by atoms with Crippen LogP contribution in [0.25, 0.3) is 0 Å². The number of aliphatic hydroxyl groups excluding tert-OH is 1. The van der Waals surface area contributed by atoms with Crippen molar-refractivity contribution in [3.8, 4) is 0 Å². The Bertz CT molecular complexity index is 1780. The second-order valence-electron chi connectivity index (χ2n) is 19.2. The zero-order valence-electron chi connectivity index (χ0n) is 36.1. The van der Waals surface area contributed by atoms with Crippen molar-refractivity contribution in [2.45, 2.75) is 137 Å². The van der Waals surface area contributed by atoms with E-state index in [9.17, 15) is 9.90 Å². The van der Waals surface area contributed by atoms with Gasteiger partial charge in [0.15, 0.2) is 0 Å². The zero-order chi connectivity index (χ0) is 40.9. The molecule has 4 aliphatic carbocycles. The molecule has 3 saturated carbocycles. The van der Waals surface area contributed by atoms with Gasteiger partial charge in [-0.15, -0.1) is 0 Å². The minimum Gasteiger partial charge on any atom is -0.466 e. The third-order valence-corrected chi connectivity index (χ3v) is 15.5. The lowest BCUT2D eigenvalue weighted by atomic mass is 9.43. The van der Waals surface area contributed by atoms with Gasteiger partial charge in [-0.2, -0.15) is 0 Å². The van der Waals surface area contributed by atoms with Gasteiger partial charge < -0.3 is 24.1 Å². The van der Waals surface area contributed by atoms with Gasteiger partial charge in [0.25, 0.3) is 0 Å².